The van der Waals surface area contributed by atoms with Crippen molar-refractivity contribution >= 4 is 5.91 Å². The van der Waals surface area contributed by atoms with E-state index < -0.39 is 0 Å². The quantitative estimate of drug-likeness (QED) is 0.625. The summed E-state index contributed by atoms with van der Waals surface area (Å²) in [7, 11) is 0. The fourth-order valence-electron chi connectivity index (χ4n) is 4.19. The molecule has 0 saturated carbocycles. The van der Waals surface area contributed by atoms with E-state index in [0.29, 0.717) is 0 Å². The van der Waals surface area contributed by atoms with Gasteiger partial charge in [-0.2, -0.15) is 0 Å². The summed E-state index contributed by atoms with van der Waals surface area (Å²) in [6.45, 7) is 2.08. The molecule has 0 aromatic heterocycles. The summed E-state index contributed by atoms with van der Waals surface area (Å²) in [5.74, 6) is -0.259. The van der Waals surface area contributed by atoms with Crippen LogP contribution in [0.3, 0.4) is 0 Å². The molecule has 0 radical (unpaired) electrons. The van der Waals surface area contributed by atoms with E-state index in [4.69, 9.17) is 0 Å². The fraction of sp³-hybridized carbons (Fsp3) is 0.269. The van der Waals surface area contributed by atoms with Crippen LogP contribution in [0.25, 0.3) is 0 Å². The minimum absolute atomic E-state index is 0.0188. The molecule has 28 heavy (non-hydrogen) atoms. The van der Waals surface area contributed by atoms with Crippen molar-refractivity contribution in [1.29, 1.82) is 0 Å². The largest absolute Gasteiger partial charge is 0.349 e. The number of fused-ring (bicyclic) bond motifs is 1. The number of benzene rings is 3. The molecule has 3 aromatic carbocycles. The third-order valence-corrected chi connectivity index (χ3v) is 5.76. The van der Waals surface area contributed by atoms with Gasteiger partial charge in [-0.1, -0.05) is 78.9 Å². The van der Waals surface area contributed by atoms with Crippen molar-refractivity contribution in [3.8, 4) is 0 Å². The first-order valence-corrected chi connectivity index (χ1v) is 10.2. The van der Waals surface area contributed by atoms with Gasteiger partial charge in [0.05, 0.1) is 12.0 Å². The van der Waals surface area contributed by atoms with Crippen LogP contribution < -0.4 is 5.32 Å². The molecule has 0 saturated heterocycles. The van der Waals surface area contributed by atoms with Crippen molar-refractivity contribution in [1.82, 2.24) is 5.32 Å². The molecule has 4 rings (SSSR count). The van der Waals surface area contributed by atoms with Gasteiger partial charge in [0.2, 0.25) is 5.91 Å². The third-order valence-electron chi connectivity index (χ3n) is 5.76. The van der Waals surface area contributed by atoms with E-state index in [1.165, 1.54) is 36.0 Å². The summed E-state index contributed by atoms with van der Waals surface area (Å²) >= 11 is 0. The summed E-state index contributed by atoms with van der Waals surface area (Å²) in [4.78, 5) is 13.3. The molecular weight excluding hydrogens is 342 g/mol. The van der Waals surface area contributed by atoms with Gasteiger partial charge in [-0.05, 0) is 60.4 Å². The van der Waals surface area contributed by atoms with Gasteiger partial charge in [0, 0.05) is 0 Å². The van der Waals surface area contributed by atoms with Gasteiger partial charge in [0.1, 0.15) is 0 Å². The summed E-state index contributed by atoms with van der Waals surface area (Å²) < 4.78 is 0. The van der Waals surface area contributed by atoms with Gasteiger partial charge >= 0.3 is 0 Å². The van der Waals surface area contributed by atoms with Crippen LogP contribution in [0, 0.1) is 0 Å². The lowest BCUT2D eigenvalue weighted by Gasteiger charge is -2.23. The smallest absolute Gasteiger partial charge is 0.232 e. The first-order valence-electron chi connectivity index (χ1n) is 10.2. The summed E-state index contributed by atoms with van der Waals surface area (Å²) in [6.07, 6.45) is 4.89. The molecule has 0 bridgehead atoms. The number of amides is 1. The second-order valence-corrected chi connectivity index (χ2v) is 7.72. The van der Waals surface area contributed by atoms with Gasteiger partial charge in [0.15, 0.2) is 0 Å². The normalized spacial score (nSPS) is 14.4. The van der Waals surface area contributed by atoms with E-state index in [9.17, 15) is 4.79 Å². The number of aryl methyl sites for hydroxylation is 2. The van der Waals surface area contributed by atoms with Gasteiger partial charge in [-0.25, -0.2) is 0 Å². The van der Waals surface area contributed by atoms with Crippen LogP contribution in [0.4, 0.5) is 0 Å². The van der Waals surface area contributed by atoms with Crippen molar-refractivity contribution in [2.75, 3.05) is 0 Å². The molecule has 1 N–H and O–H groups in total. The Labute approximate surface area is 167 Å². The molecule has 0 fully saturated rings. The fourth-order valence-corrected chi connectivity index (χ4v) is 4.19. The van der Waals surface area contributed by atoms with Crippen molar-refractivity contribution < 1.29 is 4.79 Å². The topological polar surface area (TPSA) is 29.1 Å². The molecule has 3 aromatic rings. The Morgan fingerprint density at radius 1 is 0.750 bits per heavy atom. The number of nitrogens with one attached hydrogen (secondary N) is 1. The zero-order chi connectivity index (χ0) is 19.3. The zero-order valence-corrected chi connectivity index (χ0v) is 16.4. The summed E-state index contributed by atoms with van der Waals surface area (Å²) in [5, 5.41) is 3.26. The summed E-state index contributed by atoms with van der Waals surface area (Å²) in [5.41, 5.74) is 6.15. The molecule has 142 valence electrons. The lowest BCUT2D eigenvalue weighted by atomic mass is 9.88. The SMILES string of the molecule is C[C@@H](NC(=O)C(c1ccccc1)c1ccccc1)c1ccc2c(c1)CCCC2. The van der Waals surface area contributed by atoms with Crippen LogP contribution in [0.15, 0.2) is 78.9 Å². The number of carbonyl (C=O) groups excluding carboxylic acids is 1. The van der Waals surface area contributed by atoms with E-state index in [1.807, 2.05) is 60.7 Å². The molecule has 1 aliphatic carbocycles. The lowest BCUT2D eigenvalue weighted by molar-refractivity contribution is -0.122. The monoisotopic (exact) mass is 369 g/mol. The Bertz CT molecular complexity index is 894. The number of carbonyl (C=O) groups is 1. The van der Waals surface area contributed by atoms with Gasteiger partial charge in [-0.15, -0.1) is 0 Å². The van der Waals surface area contributed by atoms with Gasteiger partial charge in [-0.3, -0.25) is 4.79 Å². The van der Waals surface area contributed by atoms with Gasteiger partial charge < -0.3 is 5.32 Å². The molecule has 0 aliphatic heterocycles. The minimum atomic E-state index is -0.303. The summed E-state index contributed by atoms with van der Waals surface area (Å²) in [6, 6.07) is 26.7. The van der Waals surface area contributed by atoms with Crippen LogP contribution in [-0.4, -0.2) is 5.91 Å². The Morgan fingerprint density at radius 2 is 1.32 bits per heavy atom. The molecule has 0 spiro atoms. The maximum absolute atomic E-state index is 13.3. The molecule has 2 heteroatoms. The highest BCUT2D eigenvalue weighted by atomic mass is 16.1. The maximum Gasteiger partial charge on any atom is 0.232 e. The Morgan fingerprint density at radius 3 is 1.93 bits per heavy atom. The highest BCUT2D eigenvalue weighted by Crippen LogP contribution is 2.28. The molecule has 1 amide bonds. The third kappa shape index (κ3) is 4.01. The molecule has 1 atom stereocenters. The number of hydrogen-bond acceptors (Lipinski definition) is 1. The Balaban J connectivity index is 1.57. The maximum atomic E-state index is 13.3. The first-order chi connectivity index (χ1) is 13.7. The van der Waals surface area contributed by atoms with Crippen LogP contribution in [0.1, 0.15) is 59.5 Å². The van der Waals surface area contributed by atoms with E-state index in [-0.39, 0.29) is 17.9 Å². The van der Waals surface area contributed by atoms with Crippen LogP contribution in [0.2, 0.25) is 0 Å². The molecule has 2 nitrogen and oxygen atoms in total. The molecular formula is C26H27NO. The molecule has 0 unspecified atom stereocenters. The van der Waals surface area contributed by atoms with Crippen LogP contribution in [-0.2, 0) is 17.6 Å². The average Bonchev–Trinajstić information content (AvgIpc) is 2.75. The second-order valence-electron chi connectivity index (χ2n) is 7.72. The van der Waals surface area contributed by atoms with E-state index in [0.717, 1.165) is 17.5 Å². The molecule has 1 aliphatic rings. The van der Waals surface area contributed by atoms with Crippen molar-refractivity contribution in [2.24, 2.45) is 0 Å². The highest BCUT2D eigenvalue weighted by Gasteiger charge is 2.24. The van der Waals surface area contributed by atoms with Crippen LogP contribution in [0.5, 0.6) is 0 Å². The number of hydrogen-bond donors (Lipinski definition) is 1. The van der Waals surface area contributed by atoms with Crippen LogP contribution >= 0.6 is 0 Å². The van der Waals surface area contributed by atoms with Crippen molar-refractivity contribution in [3.05, 3.63) is 107 Å². The Hall–Kier alpha value is -2.87. The van der Waals surface area contributed by atoms with Crippen molar-refractivity contribution in [2.45, 2.75) is 44.6 Å². The minimum Gasteiger partial charge on any atom is -0.349 e. The average molecular weight is 370 g/mol. The lowest BCUT2D eigenvalue weighted by Crippen LogP contribution is -2.32. The standard InChI is InChI=1S/C26H27NO/c1-19(23-17-16-20-10-8-9-15-24(20)18-23)27-26(28)25(21-11-4-2-5-12-21)22-13-6-3-7-14-22/h2-7,11-14,16-19,25H,8-10,15H2,1H3,(H,27,28)/t19-/m1/s1. The predicted octanol–water partition coefficient (Wildman–Crippen LogP) is 5.57. The predicted molar refractivity (Wildman–Crippen MR) is 114 cm³/mol. The Kier molecular flexibility index (Phi) is 5.57. The van der Waals surface area contributed by atoms with Gasteiger partial charge in [0.25, 0.3) is 0 Å². The number of rotatable bonds is 5. The van der Waals surface area contributed by atoms with Crippen molar-refractivity contribution in [3.63, 3.8) is 0 Å². The van der Waals surface area contributed by atoms with E-state index >= 15 is 0 Å². The zero-order valence-electron chi connectivity index (χ0n) is 16.4. The van der Waals surface area contributed by atoms with E-state index in [1.54, 1.807) is 0 Å². The van der Waals surface area contributed by atoms with E-state index in [2.05, 4.69) is 30.4 Å². The first kappa shape index (κ1) is 18.5. The molecule has 0 heterocycles. The highest BCUT2D eigenvalue weighted by molar-refractivity contribution is 5.87. The second kappa shape index (κ2) is 8.43.